The zero-order valence-corrected chi connectivity index (χ0v) is 14.4. The van der Waals surface area contributed by atoms with Crippen molar-refractivity contribution in [1.82, 2.24) is 5.43 Å². The van der Waals surface area contributed by atoms with Crippen molar-refractivity contribution in [2.45, 2.75) is 31.9 Å². The van der Waals surface area contributed by atoms with E-state index in [0.717, 1.165) is 18.1 Å². The molecule has 0 saturated carbocycles. The topological polar surface area (TPSA) is 84.3 Å². The van der Waals surface area contributed by atoms with E-state index >= 15 is 0 Å². The minimum atomic E-state index is -4.70. The van der Waals surface area contributed by atoms with Crippen LogP contribution in [0.5, 0.6) is 0 Å². The second kappa shape index (κ2) is 8.52. The van der Waals surface area contributed by atoms with E-state index in [1.165, 1.54) is 0 Å². The average Bonchev–Trinajstić information content (AvgIpc) is 2.63. The standard InChI is InChI=1S/C18H18F3N3O3/c1-2-6-14(12-7-4-3-5-8-12)17(25)23-22-15-10-9-13(18(19,20)21)11-16(15)24(26)27/h3-5,7-11,14,22H,2,6H2,1H3,(H,23,25). The van der Waals surface area contributed by atoms with Gasteiger partial charge in [0.15, 0.2) is 0 Å². The first-order valence-corrected chi connectivity index (χ1v) is 8.20. The molecule has 1 unspecified atom stereocenters. The number of nitro benzene ring substituents is 1. The van der Waals surface area contributed by atoms with E-state index in [1.807, 2.05) is 13.0 Å². The summed E-state index contributed by atoms with van der Waals surface area (Å²) in [6.07, 6.45) is -3.42. The van der Waals surface area contributed by atoms with E-state index in [4.69, 9.17) is 0 Å². The van der Waals surface area contributed by atoms with Gasteiger partial charge in [-0.05, 0) is 24.1 Å². The molecule has 0 saturated heterocycles. The summed E-state index contributed by atoms with van der Waals surface area (Å²) < 4.78 is 38.2. The summed E-state index contributed by atoms with van der Waals surface area (Å²) in [5.41, 5.74) is 3.36. The van der Waals surface area contributed by atoms with Crippen LogP contribution in [0.4, 0.5) is 24.5 Å². The Bertz CT molecular complexity index is 810. The molecule has 0 aliphatic carbocycles. The van der Waals surface area contributed by atoms with Gasteiger partial charge in [-0.25, -0.2) is 0 Å². The number of rotatable bonds is 7. The Kier molecular flexibility index (Phi) is 6.38. The second-order valence-electron chi connectivity index (χ2n) is 5.85. The predicted octanol–water partition coefficient (Wildman–Crippen LogP) is 4.64. The Morgan fingerprint density at radius 1 is 1.19 bits per heavy atom. The van der Waals surface area contributed by atoms with Gasteiger partial charge in [0.1, 0.15) is 5.69 Å². The van der Waals surface area contributed by atoms with Gasteiger partial charge in [0.25, 0.3) is 5.69 Å². The highest BCUT2D eigenvalue weighted by molar-refractivity contribution is 5.85. The minimum absolute atomic E-state index is 0.232. The molecule has 6 nitrogen and oxygen atoms in total. The first kappa shape index (κ1) is 20.2. The van der Waals surface area contributed by atoms with Crippen LogP contribution >= 0.6 is 0 Å². The lowest BCUT2D eigenvalue weighted by Crippen LogP contribution is -2.34. The fraction of sp³-hybridized carbons (Fsp3) is 0.278. The van der Waals surface area contributed by atoms with Crippen molar-refractivity contribution < 1.29 is 22.9 Å². The summed E-state index contributed by atoms with van der Waals surface area (Å²) in [5, 5.41) is 11.1. The molecule has 1 amide bonds. The van der Waals surface area contributed by atoms with Gasteiger partial charge in [-0.2, -0.15) is 13.2 Å². The average molecular weight is 381 g/mol. The molecule has 0 fully saturated rings. The molecule has 2 aromatic rings. The molecule has 1 atom stereocenters. The molecule has 27 heavy (non-hydrogen) atoms. The molecule has 2 N–H and O–H groups in total. The van der Waals surface area contributed by atoms with Crippen molar-refractivity contribution in [1.29, 1.82) is 0 Å². The molecule has 0 aromatic heterocycles. The number of carbonyl (C=O) groups is 1. The van der Waals surface area contributed by atoms with Crippen LogP contribution < -0.4 is 10.9 Å². The van der Waals surface area contributed by atoms with Gasteiger partial charge in [0.05, 0.1) is 16.4 Å². The predicted molar refractivity (Wildman–Crippen MR) is 94.0 cm³/mol. The van der Waals surface area contributed by atoms with Crippen LogP contribution in [0, 0.1) is 10.1 Å². The number of anilines is 1. The summed E-state index contributed by atoms with van der Waals surface area (Å²) >= 11 is 0. The van der Waals surface area contributed by atoms with E-state index in [2.05, 4.69) is 10.9 Å². The fourth-order valence-electron chi connectivity index (χ4n) is 2.60. The molecule has 0 radical (unpaired) electrons. The number of nitrogens with zero attached hydrogens (tertiary/aromatic N) is 1. The number of alkyl halides is 3. The lowest BCUT2D eigenvalue weighted by atomic mass is 9.94. The molecule has 0 aliphatic heterocycles. The zero-order chi connectivity index (χ0) is 20.0. The first-order chi connectivity index (χ1) is 12.7. The molecule has 144 valence electrons. The fourth-order valence-corrected chi connectivity index (χ4v) is 2.60. The molecular weight excluding hydrogens is 363 g/mol. The number of carbonyl (C=O) groups excluding carboxylic acids is 1. The highest BCUT2D eigenvalue weighted by Gasteiger charge is 2.33. The van der Waals surface area contributed by atoms with Crippen LogP contribution in [0.3, 0.4) is 0 Å². The summed E-state index contributed by atoms with van der Waals surface area (Å²) in [6, 6.07) is 11.0. The Morgan fingerprint density at radius 2 is 1.85 bits per heavy atom. The van der Waals surface area contributed by atoms with Gasteiger partial charge < -0.3 is 0 Å². The molecule has 0 bridgehead atoms. The first-order valence-electron chi connectivity index (χ1n) is 8.20. The second-order valence-corrected chi connectivity index (χ2v) is 5.85. The summed E-state index contributed by atoms with van der Waals surface area (Å²) in [6.45, 7) is 1.91. The number of hydrazine groups is 1. The maximum atomic E-state index is 12.7. The zero-order valence-electron chi connectivity index (χ0n) is 14.4. The van der Waals surface area contributed by atoms with Crippen LogP contribution in [-0.2, 0) is 11.0 Å². The lowest BCUT2D eigenvalue weighted by molar-refractivity contribution is -0.384. The van der Waals surface area contributed by atoms with E-state index < -0.39 is 34.2 Å². The Hall–Kier alpha value is -3.10. The number of hydrogen-bond acceptors (Lipinski definition) is 4. The number of hydrogen-bond donors (Lipinski definition) is 2. The highest BCUT2D eigenvalue weighted by atomic mass is 19.4. The maximum Gasteiger partial charge on any atom is 0.416 e. The van der Waals surface area contributed by atoms with E-state index in [0.29, 0.717) is 18.6 Å². The number of benzene rings is 2. The Balaban J connectivity index is 2.19. The Morgan fingerprint density at radius 3 is 2.41 bits per heavy atom. The van der Waals surface area contributed by atoms with Crippen molar-refractivity contribution in [3.05, 3.63) is 69.8 Å². The monoisotopic (exact) mass is 381 g/mol. The largest absolute Gasteiger partial charge is 0.416 e. The van der Waals surface area contributed by atoms with Gasteiger partial charge in [0, 0.05) is 6.07 Å². The van der Waals surface area contributed by atoms with Crippen LogP contribution in [0.1, 0.15) is 36.8 Å². The van der Waals surface area contributed by atoms with Crippen LogP contribution in [0.25, 0.3) is 0 Å². The van der Waals surface area contributed by atoms with Gasteiger partial charge >= 0.3 is 6.18 Å². The van der Waals surface area contributed by atoms with Crippen LogP contribution in [0.2, 0.25) is 0 Å². The number of amides is 1. The van der Waals surface area contributed by atoms with Crippen molar-refractivity contribution in [2.75, 3.05) is 5.43 Å². The molecule has 9 heteroatoms. The van der Waals surface area contributed by atoms with Crippen LogP contribution in [0.15, 0.2) is 48.5 Å². The Labute approximate surface area is 153 Å². The van der Waals surface area contributed by atoms with E-state index in [-0.39, 0.29) is 5.69 Å². The van der Waals surface area contributed by atoms with Gasteiger partial charge in [-0.1, -0.05) is 43.7 Å². The quantitative estimate of drug-likeness (QED) is 0.541. The van der Waals surface area contributed by atoms with Gasteiger partial charge in [-0.3, -0.25) is 25.8 Å². The summed E-state index contributed by atoms with van der Waals surface area (Å²) in [7, 11) is 0. The third kappa shape index (κ3) is 5.19. The molecule has 0 heterocycles. The molecule has 0 aliphatic rings. The van der Waals surface area contributed by atoms with Crippen LogP contribution in [-0.4, -0.2) is 10.8 Å². The normalized spacial score (nSPS) is 12.3. The minimum Gasteiger partial charge on any atom is -0.292 e. The number of nitro groups is 1. The van der Waals surface area contributed by atoms with Crippen molar-refractivity contribution in [3.8, 4) is 0 Å². The maximum absolute atomic E-state index is 12.7. The van der Waals surface area contributed by atoms with E-state index in [9.17, 15) is 28.1 Å². The third-order valence-electron chi connectivity index (χ3n) is 3.94. The highest BCUT2D eigenvalue weighted by Crippen LogP contribution is 2.34. The molecule has 0 spiro atoms. The van der Waals surface area contributed by atoms with E-state index in [1.54, 1.807) is 24.3 Å². The number of nitrogens with one attached hydrogen (secondary N) is 2. The molecule has 2 rings (SSSR count). The van der Waals surface area contributed by atoms with Crippen molar-refractivity contribution >= 4 is 17.3 Å². The molecule has 2 aromatic carbocycles. The summed E-state index contributed by atoms with van der Waals surface area (Å²) in [4.78, 5) is 22.6. The molecular formula is C18H18F3N3O3. The number of halogens is 3. The van der Waals surface area contributed by atoms with Gasteiger partial charge in [0.2, 0.25) is 5.91 Å². The van der Waals surface area contributed by atoms with Gasteiger partial charge in [-0.15, -0.1) is 0 Å². The van der Waals surface area contributed by atoms with Crippen molar-refractivity contribution in [3.63, 3.8) is 0 Å². The lowest BCUT2D eigenvalue weighted by Gasteiger charge is -2.18. The summed E-state index contributed by atoms with van der Waals surface area (Å²) in [5.74, 6) is -0.922. The SMILES string of the molecule is CCCC(C(=O)NNc1ccc(C(F)(F)F)cc1[N+](=O)[O-])c1ccccc1. The smallest absolute Gasteiger partial charge is 0.292 e. The van der Waals surface area contributed by atoms with Crippen molar-refractivity contribution in [2.24, 2.45) is 0 Å². The third-order valence-corrected chi connectivity index (χ3v) is 3.94.